The Kier molecular flexibility index (Phi) is 5.35. The molecule has 0 radical (unpaired) electrons. The van der Waals surface area contributed by atoms with Gasteiger partial charge in [-0.15, -0.1) is 11.3 Å². The summed E-state index contributed by atoms with van der Waals surface area (Å²) >= 11 is 1.56. The van der Waals surface area contributed by atoms with E-state index in [-0.39, 0.29) is 5.97 Å². The van der Waals surface area contributed by atoms with Gasteiger partial charge in [-0.3, -0.25) is 0 Å². The molecule has 1 aliphatic rings. The third-order valence-electron chi connectivity index (χ3n) is 2.87. The Balaban J connectivity index is 1.86. The number of hydrogen-bond acceptors (Lipinski definition) is 6. The van der Waals surface area contributed by atoms with E-state index in [0.29, 0.717) is 12.6 Å². The first kappa shape index (κ1) is 14.0. The molecule has 2 heterocycles. The van der Waals surface area contributed by atoms with E-state index >= 15 is 0 Å². The van der Waals surface area contributed by atoms with Crippen LogP contribution in [-0.4, -0.2) is 36.7 Å². The third kappa shape index (κ3) is 4.65. The summed E-state index contributed by atoms with van der Waals surface area (Å²) in [5.41, 5.74) is 0.787. The van der Waals surface area contributed by atoms with Gasteiger partial charge in [-0.25, -0.2) is 9.78 Å². The van der Waals surface area contributed by atoms with E-state index in [1.165, 1.54) is 6.08 Å². The highest BCUT2D eigenvalue weighted by atomic mass is 32.1. The lowest BCUT2D eigenvalue weighted by Crippen LogP contribution is -2.35. The molecule has 19 heavy (non-hydrogen) atoms. The molecule has 1 saturated heterocycles. The number of anilines is 1. The van der Waals surface area contributed by atoms with Crippen LogP contribution in [0.25, 0.3) is 6.08 Å². The molecule has 1 aliphatic heterocycles. The quantitative estimate of drug-likeness (QED) is 0.637. The van der Waals surface area contributed by atoms with Crippen molar-refractivity contribution in [3.63, 3.8) is 0 Å². The molecule has 6 heteroatoms. The molecule has 2 N–H and O–H groups in total. The van der Waals surface area contributed by atoms with Gasteiger partial charge in [0.1, 0.15) is 0 Å². The summed E-state index contributed by atoms with van der Waals surface area (Å²) in [6.07, 6.45) is 5.33. The van der Waals surface area contributed by atoms with Gasteiger partial charge in [0.25, 0.3) is 0 Å². The lowest BCUT2D eigenvalue weighted by Gasteiger charge is -2.23. The highest BCUT2D eigenvalue weighted by molar-refractivity contribution is 7.13. The second-order valence-electron chi connectivity index (χ2n) is 4.33. The molecule has 0 aliphatic carbocycles. The Hall–Kier alpha value is -1.40. The van der Waals surface area contributed by atoms with Crippen molar-refractivity contribution in [1.29, 1.82) is 0 Å². The lowest BCUT2D eigenvalue weighted by atomic mass is 10.1. The maximum atomic E-state index is 11.2. The molecule has 0 bridgehead atoms. The number of thiazole rings is 1. The predicted octanol–water partition coefficient (Wildman–Crippen LogP) is 1.88. The van der Waals surface area contributed by atoms with E-state index in [1.807, 2.05) is 5.38 Å². The van der Waals surface area contributed by atoms with E-state index in [4.69, 9.17) is 4.74 Å². The molecule has 1 aromatic rings. The maximum Gasteiger partial charge on any atom is 0.330 e. The number of nitrogens with zero attached hydrogens (tertiary/aromatic N) is 1. The zero-order valence-electron chi connectivity index (χ0n) is 11.0. The fourth-order valence-electron chi connectivity index (χ4n) is 1.91. The topological polar surface area (TPSA) is 63.2 Å². The predicted molar refractivity (Wildman–Crippen MR) is 77.3 cm³/mol. The fraction of sp³-hybridized carbons (Fsp3) is 0.538. The Morgan fingerprint density at radius 1 is 1.63 bits per heavy atom. The van der Waals surface area contributed by atoms with Gasteiger partial charge in [-0.2, -0.15) is 0 Å². The summed E-state index contributed by atoms with van der Waals surface area (Å²) in [6.45, 7) is 4.29. The molecule has 1 aromatic heterocycles. The normalized spacial score (nSPS) is 16.7. The average Bonchev–Trinajstić information content (AvgIpc) is 2.86. The van der Waals surface area contributed by atoms with Crippen LogP contribution in [0.5, 0.6) is 0 Å². The molecule has 2 rings (SSSR count). The van der Waals surface area contributed by atoms with Crippen molar-refractivity contribution in [3.8, 4) is 0 Å². The standard InChI is InChI=1S/C13H19N3O2S/c1-2-18-12(17)4-3-11-9-19-13(16-11)15-10-5-7-14-8-6-10/h3-4,9-10,14H,2,5-8H2,1H3,(H,15,16). The molecule has 0 aromatic carbocycles. The summed E-state index contributed by atoms with van der Waals surface area (Å²) in [7, 11) is 0. The van der Waals surface area contributed by atoms with Crippen LogP contribution in [0, 0.1) is 0 Å². The number of ether oxygens (including phenoxy) is 1. The van der Waals surface area contributed by atoms with E-state index in [2.05, 4.69) is 15.6 Å². The third-order valence-corrected chi connectivity index (χ3v) is 3.66. The first-order chi connectivity index (χ1) is 9.28. The smallest absolute Gasteiger partial charge is 0.330 e. The van der Waals surface area contributed by atoms with Crippen LogP contribution in [0.15, 0.2) is 11.5 Å². The minimum Gasteiger partial charge on any atom is -0.463 e. The number of carbonyl (C=O) groups is 1. The summed E-state index contributed by atoms with van der Waals surface area (Å²) < 4.78 is 4.82. The zero-order chi connectivity index (χ0) is 13.5. The number of nitrogens with one attached hydrogen (secondary N) is 2. The van der Waals surface area contributed by atoms with Crippen LogP contribution >= 0.6 is 11.3 Å². The highest BCUT2D eigenvalue weighted by Gasteiger charge is 2.13. The van der Waals surface area contributed by atoms with Crippen LogP contribution in [0.3, 0.4) is 0 Å². The Labute approximate surface area is 117 Å². The molecular formula is C13H19N3O2S. The Bertz CT molecular complexity index is 439. The lowest BCUT2D eigenvalue weighted by molar-refractivity contribution is -0.137. The monoisotopic (exact) mass is 281 g/mol. The fourth-order valence-corrected chi connectivity index (χ4v) is 2.67. The summed E-state index contributed by atoms with van der Waals surface area (Å²) in [4.78, 5) is 15.6. The Morgan fingerprint density at radius 3 is 3.16 bits per heavy atom. The largest absolute Gasteiger partial charge is 0.463 e. The second kappa shape index (κ2) is 7.25. The molecule has 0 spiro atoms. The number of rotatable bonds is 5. The van der Waals surface area contributed by atoms with Gasteiger partial charge in [0.15, 0.2) is 5.13 Å². The van der Waals surface area contributed by atoms with Crippen molar-refractivity contribution < 1.29 is 9.53 Å². The van der Waals surface area contributed by atoms with Crippen molar-refractivity contribution in [2.24, 2.45) is 0 Å². The minimum absolute atomic E-state index is 0.330. The van der Waals surface area contributed by atoms with Gasteiger partial charge in [-0.05, 0) is 38.9 Å². The van der Waals surface area contributed by atoms with Crippen molar-refractivity contribution in [2.75, 3.05) is 25.0 Å². The number of aromatic nitrogens is 1. The number of carbonyl (C=O) groups excluding carboxylic acids is 1. The maximum absolute atomic E-state index is 11.2. The summed E-state index contributed by atoms with van der Waals surface area (Å²) in [5.74, 6) is -0.330. The molecule has 0 unspecified atom stereocenters. The Morgan fingerprint density at radius 2 is 2.42 bits per heavy atom. The highest BCUT2D eigenvalue weighted by Crippen LogP contribution is 2.19. The van der Waals surface area contributed by atoms with Crippen molar-refractivity contribution >= 4 is 28.5 Å². The van der Waals surface area contributed by atoms with E-state index < -0.39 is 0 Å². The van der Waals surface area contributed by atoms with E-state index in [9.17, 15) is 4.79 Å². The van der Waals surface area contributed by atoms with Gasteiger partial charge in [0.05, 0.1) is 12.3 Å². The van der Waals surface area contributed by atoms with Gasteiger partial charge < -0.3 is 15.4 Å². The van der Waals surface area contributed by atoms with Crippen LogP contribution < -0.4 is 10.6 Å². The van der Waals surface area contributed by atoms with Gasteiger partial charge >= 0.3 is 5.97 Å². The number of esters is 1. The molecule has 0 saturated carbocycles. The van der Waals surface area contributed by atoms with Crippen molar-refractivity contribution in [3.05, 3.63) is 17.2 Å². The molecule has 104 valence electrons. The molecule has 0 atom stereocenters. The minimum atomic E-state index is -0.330. The van der Waals surface area contributed by atoms with E-state index in [0.717, 1.165) is 36.8 Å². The first-order valence-corrected chi connectivity index (χ1v) is 7.43. The molecule has 1 fully saturated rings. The van der Waals surface area contributed by atoms with Gasteiger partial charge in [0.2, 0.25) is 0 Å². The SMILES string of the molecule is CCOC(=O)C=Cc1csc(NC2CCNCC2)n1. The van der Waals surface area contributed by atoms with Gasteiger partial charge in [0, 0.05) is 17.5 Å². The second-order valence-corrected chi connectivity index (χ2v) is 5.19. The van der Waals surface area contributed by atoms with Crippen LogP contribution in [0.1, 0.15) is 25.5 Å². The first-order valence-electron chi connectivity index (χ1n) is 6.55. The molecule has 5 nitrogen and oxygen atoms in total. The van der Waals surface area contributed by atoms with Crippen molar-refractivity contribution in [2.45, 2.75) is 25.8 Å². The van der Waals surface area contributed by atoms with Crippen LogP contribution in [0.4, 0.5) is 5.13 Å². The number of hydrogen-bond donors (Lipinski definition) is 2. The number of piperidine rings is 1. The van der Waals surface area contributed by atoms with Crippen molar-refractivity contribution in [1.82, 2.24) is 10.3 Å². The zero-order valence-corrected chi connectivity index (χ0v) is 11.8. The van der Waals surface area contributed by atoms with Crippen LogP contribution in [0.2, 0.25) is 0 Å². The molecule has 0 amide bonds. The summed E-state index contributed by atoms with van der Waals surface area (Å²) in [6, 6.07) is 0.495. The molecular weight excluding hydrogens is 262 g/mol. The summed E-state index contributed by atoms with van der Waals surface area (Å²) in [5, 5.41) is 9.60. The van der Waals surface area contributed by atoms with Crippen LogP contribution in [-0.2, 0) is 9.53 Å². The van der Waals surface area contributed by atoms with Gasteiger partial charge in [-0.1, -0.05) is 0 Å². The average molecular weight is 281 g/mol. The van der Waals surface area contributed by atoms with E-state index in [1.54, 1.807) is 24.3 Å².